The van der Waals surface area contributed by atoms with Crippen LogP contribution in [-0.2, 0) is 6.54 Å². The van der Waals surface area contributed by atoms with Gasteiger partial charge < -0.3 is 10.6 Å². The predicted molar refractivity (Wildman–Crippen MR) is 61.7 cm³/mol. The Morgan fingerprint density at radius 1 is 1.69 bits per heavy atom. The Morgan fingerprint density at radius 2 is 2.56 bits per heavy atom. The van der Waals surface area contributed by atoms with Gasteiger partial charge in [-0.1, -0.05) is 6.07 Å². The first-order chi connectivity index (χ1) is 7.73. The van der Waals surface area contributed by atoms with Crippen molar-refractivity contribution in [3.05, 3.63) is 29.6 Å². The zero-order valence-corrected chi connectivity index (χ0v) is 9.45. The van der Waals surface area contributed by atoms with Gasteiger partial charge in [-0.3, -0.25) is 0 Å². The van der Waals surface area contributed by atoms with Crippen LogP contribution < -0.4 is 10.6 Å². The topological polar surface area (TPSA) is 60.7 Å². The van der Waals surface area contributed by atoms with E-state index in [2.05, 4.69) is 28.6 Å². The van der Waals surface area contributed by atoms with Crippen LogP contribution >= 0.6 is 0 Å². The Hall–Kier alpha value is -1.44. The average Bonchev–Trinajstić information content (AvgIpc) is 2.74. The monoisotopic (exact) mass is 216 g/mol. The molecule has 0 saturated carbocycles. The van der Waals surface area contributed by atoms with Gasteiger partial charge in [0.25, 0.3) is 0 Å². The highest BCUT2D eigenvalue weighted by Gasteiger charge is 2.27. The molecule has 1 aliphatic heterocycles. The van der Waals surface area contributed by atoms with Crippen molar-refractivity contribution in [2.24, 2.45) is 0 Å². The summed E-state index contributed by atoms with van der Waals surface area (Å²) < 4.78 is 0. The summed E-state index contributed by atoms with van der Waals surface area (Å²) in [6.45, 7) is 4.95. The van der Waals surface area contributed by atoms with Gasteiger partial charge in [0.1, 0.15) is 11.8 Å². The number of hydrogen-bond donors (Lipinski definition) is 2. The minimum Gasteiger partial charge on any atom is -0.315 e. The average molecular weight is 216 g/mol. The summed E-state index contributed by atoms with van der Waals surface area (Å²) in [5.41, 5.74) is 1.63. The summed E-state index contributed by atoms with van der Waals surface area (Å²) in [7, 11) is 0. The van der Waals surface area contributed by atoms with E-state index in [1.54, 1.807) is 6.20 Å². The number of nitrogens with one attached hydrogen (secondary N) is 2. The van der Waals surface area contributed by atoms with Crippen molar-refractivity contribution in [2.45, 2.75) is 25.4 Å². The second kappa shape index (κ2) is 4.60. The second-order valence-electron chi connectivity index (χ2n) is 4.46. The van der Waals surface area contributed by atoms with Crippen LogP contribution in [0.25, 0.3) is 0 Å². The molecule has 2 heterocycles. The van der Waals surface area contributed by atoms with E-state index in [1.165, 1.54) is 0 Å². The van der Waals surface area contributed by atoms with E-state index in [4.69, 9.17) is 5.26 Å². The molecule has 0 radical (unpaired) electrons. The van der Waals surface area contributed by atoms with Crippen LogP contribution in [0.3, 0.4) is 0 Å². The molecule has 0 aromatic carbocycles. The number of hydrogen-bond acceptors (Lipinski definition) is 4. The van der Waals surface area contributed by atoms with Crippen LogP contribution in [0.1, 0.15) is 24.6 Å². The first-order valence-corrected chi connectivity index (χ1v) is 5.53. The molecule has 1 aliphatic rings. The van der Waals surface area contributed by atoms with Crippen LogP contribution in [0.4, 0.5) is 0 Å². The SMILES string of the molecule is CC1(NCc2cccnc2C#N)CCNC1. The van der Waals surface area contributed by atoms with Crippen molar-refractivity contribution in [3.63, 3.8) is 0 Å². The smallest absolute Gasteiger partial charge is 0.144 e. The lowest BCUT2D eigenvalue weighted by Crippen LogP contribution is -2.43. The zero-order valence-electron chi connectivity index (χ0n) is 9.45. The van der Waals surface area contributed by atoms with E-state index in [0.717, 1.165) is 25.1 Å². The number of nitriles is 1. The van der Waals surface area contributed by atoms with Gasteiger partial charge in [0.15, 0.2) is 0 Å². The molecule has 0 bridgehead atoms. The van der Waals surface area contributed by atoms with Gasteiger partial charge in [-0.25, -0.2) is 4.98 Å². The van der Waals surface area contributed by atoms with E-state index < -0.39 is 0 Å². The summed E-state index contributed by atoms with van der Waals surface area (Å²) in [6.07, 6.45) is 2.77. The summed E-state index contributed by atoms with van der Waals surface area (Å²) in [6, 6.07) is 5.93. The number of aromatic nitrogens is 1. The second-order valence-corrected chi connectivity index (χ2v) is 4.46. The minimum absolute atomic E-state index is 0.141. The Balaban J connectivity index is 2.02. The molecular formula is C12H16N4. The Bertz CT molecular complexity index is 402. The van der Waals surface area contributed by atoms with Crippen LogP contribution in [0.2, 0.25) is 0 Å². The van der Waals surface area contributed by atoms with E-state index in [-0.39, 0.29) is 5.54 Å². The molecule has 0 spiro atoms. The number of rotatable bonds is 3. The highest BCUT2D eigenvalue weighted by atomic mass is 15.1. The third kappa shape index (κ3) is 2.38. The summed E-state index contributed by atoms with van der Waals surface area (Å²) in [5.74, 6) is 0. The van der Waals surface area contributed by atoms with E-state index in [9.17, 15) is 0 Å². The number of pyridine rings is 1. The molecule has 2 N–H and O–H groups in total. The van der Waals surface area contributed by atoms with Gasteiger partial charge in [0.05, 0.1) is 0 Å². The Kier molecular flexibility index (Phi) is 3.18. The molecular weight excluding hydrogens is 200 g/mol. The largest absolute Gasteiger partial charge is 0.315 e. The van der Waals surface area contributed by atoms with Crippen molar-refractivity contribution in [2.75, 3.05) is 13.1 Å². The van der Waals surface area contributed by atoms with Crippen LogP contribution in [0.5, 0.6) is 0 Å². The van der Waals surface area contributed by atoms with Gasteiger partial charge in [-0.2, -0.15) is 5.26 Å². The summed E-state index contributed by atoms with van der Waals surface area (Å²) >= 11 is 0. The van der Waals surface area contributed by atoms with Crippen molar-refractivity contribution in [1.82, 2.24) is 15.6 Å². The van der Waals surface area contributed by atoms with E-state index in [1.807, 2.05) is 12.1 Å². The molecule has 1 aromatic heterocycles. The molecule has 84 valence electrons. The van der Waals surface area contributed by atoms with Gasteiger partial charge in [0, 0.05) is 30.4 Å². The minimum atomic E-state index is 0.141. The molecule has 1 fully saturated rings. The molecule has 16 heavy (non-hydrogen) atoms. The van der Waals surface area contributed by atoms with E-state index in [0.29, 0.717) is 12.2 Å². The van der Waals surface area contributed by atoms with Crippen LogP contribution in [-0.4, -0.2) is 23.6 Å². The lowest BCUT2D eigenvalue weighted by molar-refractivity contribution is 0.385. The molecule has 1 aromatic rings. The molecule has 4 nitrogen and oxygen atoms in total. The lowest BCUT2D eigenvalue weighted by atomic mass is 10.0. The van der Waals surface area contributed by atoms with Crippen LogP contribution in [0.15, 0.2) is 18.3 Å². The van der Waals surface area contributed by atoms with Crippen LogP contribution in [0, 0.1) is 11.3 Å². The highest BCUT2D eigenvalue weighted by molar-refractivity contribution is 5.30. The third-order valence-electron chi connectivity index (χ3n) is 3.07. The van der Waals surface area contributed by atoms with Crippen molar-refractivity contribution < 1.29 is 0 Å². The predicted octanol–water partition coefficient (Wildman–Crippen LogP) is 0.795. The first-order valence-electron chi connectivity index (χ1n) is 5.53. The van der Waals surface area contributed by atoms with Crippen molar-refractivity contribution in [1.29, 1.82) is 5.26 Å². The molecule has 1 atom stereocenters. The molecule has 1 saturated heterocycles. The van der Waals surface area contributed by atoms with E-state index >= 15 is 0 Å². The third-order valence-corrected chi connectivity index (χ3v) is 3.07. The maximum Gasteiger partial charge on any atom is 0.144 e. The molecule has 0 amide bonds. The maximum absolute atomic E-state index is 8.92. The van der Waals surface area contributed by atoms with Gasteiger partial charge in [0.2, 0.25) is 0 Å². The lowest BCUT2D eigenvalue weighted by Gasteiger charge is -2.24. The molecule has 2 rings (SSSR count). The van der Waals surface area contributed by atoms with Gasteiger partial charge >= 0.3 is 0 Å². The van der Waals surface area contributed by atoms with Gasteiger partial charge in [-0.05, 0) is 26.0 Å². The molecule has 1 unspecified atom stereocenters. The zero-order chi connectivity index (χ0) is 11.4. The number of nitrogens with zero attached hydrogens (tertiary/aromatic N) is 2. The Morgan fingerprint density at radius 3 is 3.25 bits per heavy atom. The standard InChI is InChI=1S/C12H16N4/c1-12(4-6-14-9-12)16-8-10-3-2-5-15-11(10)7-13/h2-3,5,14,16H,4,6,8-9H2,1H3. The van der Waals surface area contributed by atoms with Gasteiger partial charge in [-0.15, -0.1) is 0 Å². The quantitative estimate of drug-likeness (QED) is 0.784. The van der Waals surface area contributed by atoms with Crippen molar-refractivity contribution >= 4 is 0 Å². The fraction of sp³-hybridized carbons (Fsp3) is 0.500. The normalized spacial score (nSPS) is 24.2. The summed E-state index contributed by atoms with van der Waals surface area (Å²) in [5, 5.41) is 15.8. The molecule has 4 heteroatoms. The fourth-order valence-electron chi connectivity index (χ4n) is 1.96. The fourth-order valence-corrected chi connectivity index (χ4v) is 1.96. The first kappa shape index (κ1) is 11.1. The van der Waals surface area contributed by atoms with Crippen molar-refractivity contribution in [3.8, 4) is 6.07 Å². The highest BCUT2D eigenvalue weighted by Crippen LogP contribution is 2.14. The molecule has 0 aliphatic carbocycles. The maximum atomic E-state index is 8.92. The summed E-state index contributed by atoms with van der Waals surface area (Å²) in [4.78, 5) is 4.05. The Labute approximate surface area is 95.7 Å².